The summed E-state index contributed by atoms with van der Waals surface area (Å²) in [5.41, 5.74) is 1.90. The Morgan fingerprint density at radius 3 is 2.13 bits per heavy atom. The molecule has 31 heavy (non-hydrogen) atoms. The molecule has 0 spiro atoms. The number of benzene rings is 2. The lowest BCUT2D eigenvalue weighted by molar-refractivity contribution is -0.157. The van der Waals surface area contributed by atoms with E-state index in [9.17, 15) is 14.7 Å². The van der Waals surface area contributed by atoms with Gasteiger partial charge in [-0.3, -0.25) is 9.59 Å². The lowest BCUT2D eigenvalue weighted by Crippen LogP contribution is -2.36. The Kier molecular flexibility index (Phi) is 7.72. The molecule has 0 aromatic heterocycles. The van der Waals surface area contributed by atoms with Crippen LogP contribution in [-0.2, 0) is 14.3 Å². The Morgan fingerprint density at radius 1 is 0.935 bits per heavy atom. The third-order valence-corrected chi connectivity index (χ3v) is 6.06. The number of aromatic hydroxyl groups is 1. The Hall–Kier alpha value is -2.82. The molecule has 0 aliphatic heterocycles. The summed E-state index contributed by atoms with van der Waals surface area (Å²) in [6.45, 7) is 6.54. The molecule has 166 valence electrons. The molecule has 2 aromatic carbocycles. The molecule has 1 saturated carbocycles. The fourth-order valence-electron chi connectivity index (χ4n) is 4.23. The van der Waals surface area contributed by atoms with Gasteiger partial charge in [-0.2, -0.15) is 0 Å². The van der Waals surface area contributed by atoms with Gasteiger partial charge in [-0.25, -0.2) is 0 Å². The van der Waals surface area contributed by atoms with Crippen LogP contribution in [0.15, 0.2) is 48.5 Å². The monoisotopic (exact) mass is 424 g/mol. The van der Waals surface area contributed by atoms with E-state index in [4.69, 9.17) is 9.47 Å². The Balaban J connectivity index is 1.47. The quantitative estimate of drug-likeness (QED) is 0.453. The van der Waals surface area contributed by atoms with E-state index in [0.29, 0.717) is 23.5 Å². The number of hydrogen-bond donors (Lipinski definition) is 1. The topological polar surface area (TPSA) is 72.8 Å². The highest BCUT2D eigenvalue weighted by molar-refractivity contribution is 5.79. The molecule has 0 radical (unpaired) electrons. The number of ether oxygens (including phenoxy) is 2. The van der Waals surface area contributed by atoms with Crippen molar-refractivity contribution in [2.24, 2.45) is 17.8 Å². The lowest BCUT2D eigenvalue weighted by Gasteiger charge is -2.36. The van der Waals surface area contributed by atoms with E-state index < -0.39 is 5.97 Å². The van der Waals surface area contributed by atoms with Gasteiger partial charge in [0, 0.05) is 0 Å². The molecule has 0 bridgehead atoms. The van der Waals surface area contributed by atoms with Gasteiger partial charge in [0.25, 0.3) is 0 Å². The molecular weight excluding hydrogens is 392 g/mol. The Bertz CT molecular complexity index is 870. The van der Waals surface area contributed by atoms with Crippen LogP contribution >= 0.6 is 0 Å². The Labute approximate surface area is 184 Å². The number of phenols is 1. The zero-order valence-corrected chi connectivity index (χ0v) is 18.5. The first-order valence-corrected chi connectivity index (χ1v) is 11.1. The zero-order chi connectivity index (χ0) is 22.4. The largest absolute Gasteiger partial charge is 0.508 e. The van der Waals surface area contributed by atoms with Crippen molar-refractivity contribution >= 4 is 11.9 Å². The predicted molar refractivity (Wildman–Crippen MR) is 120 cm³/mol. The smallest absolute Gasteiger partial charge is 0.311 e. The maximum Gasteiger partial charge on any atom is 0.311 e. The van der Waals surface area contributed by atoms with Crippen LogP contribution in [-0.4, -0.2) is 23.1 Å². The first kappa shape index (κ1) is 22.9. The van der Waals surface area contributed by atoms with Gasteiger partial charge in [0.1, 0.15) is 17.6 Å². The number of carbonyl (C=O) groups is 2. The van der Waals surface area contributed by atoms with Gasteiger partial charge in [-0.1, -0.05) is 51.5 Å². The van der Waals surface area contributed by atoms with Crippen LogP contribution in [0, 0.1) is 17.8 Å². The second kappa shape index (κ2) is 10.5. The third-order valence-electron chi connectivity index (χ3n) is 6.06. The van der Waals surface area contributed by atoms with Crippen LogP contribution in [0.25, 0.3) is 11.1 Å². The van der Waals surface area contributed by atoms with Crippen LogP contribution in [0.1, 0.15) is 52.9 Å². The SMILES string of the molecule is CC1CCC(C(C)C)C(OC(=O)CCC(=O)Oc2ccc(-c3ccc(O)cc3)cc2)C1. The summed E-state index contributed by atoms with van der Waals surface area (Å²) in [4.78, 5) is 24.5. The average molecular weight is 425 g/mol. The highest BCUT2D eigenvalue weighted by Gasteiger charge is 2.33. The van der Waals surface area contributed by atoms with Gasteiger partial charge in [-0.05, 0) is 66.0 Å². The lowest BCUT2D eigenvalue weighted by atomic mass is 9.75. The van der Waals surface area contributed by atoms with Gasteiger partial charge in [0.2, 0.25) is 0 Å². The van der Waals surface area contributed by atoms with Crippen molar-refractivity contribution < 1.29 is 24.2 Å². The fourth-order valence-corrected chi connectivity index (χ4v) is 4.23. The Morgan fingerprint density at radius 2 is 1.52 bits per heavy atom. The molecule has 5 heteroatoms. The first-order valence-electron chi connectivity index (χ1n) is 11.1. The first-order chi connectivity index (χ1) is 14.8. The summed E-state index contributed by atoms with van der Waals surface area (Å²) in [6.07, 6.45) is 3.12. The van der Waals surface area contributed by atoms with Crippen LogP contribution in [0.5, 0.6) is 11.5 Å². The van der Waals surface area contributed by atoms with Gasteiger partial charge < -0.3 is 14.6 Å². The minimum Gasteiger partial charge on any atom is -0.508 e. The van der Waals surface area contributed by atoms with E-state index in [2.05, 4.69) is 20.8 Å². The summed E-state index contributed by atoms with van der Waals surface area (Å²) in [5, 5.41) is 9.39. The van der Waals surface area contributed by atoms with Crippen molar-refractivity contribution in [2.45, 2.75) is 59.0 Å². The van der Waals surface area contributed by atoms with Crippen LogP contribution in [0.2, 0.25) is 0 Å². The zero-order valence-electron chi connectivity index (χ0n) is 18.5. The summed E-state index contributed by atoms with van der Waals surface area (Å²) in [5.74, 6) is 1.28. The van der Waals surface area contributed by atoms with Crippen molar-refractivity contribution in [1.82, 2.24) is 0 Å². The molecule has 1 aliphatic carbocycles. The van der Waals surface area contributed by atoms with Crippen molar-refractivity contribution in [2.75, 3.05) is 0 Å². The molecule has 3 atom stereocenters. The van der Waals surface area contributed by atoms with Crippen LogP contribution in [0.4, 0.5) is 0 Å². The molecule has 0 amide bonds. The van der Waals surface area contributed by atoms with E-state index in [-0.39, 0.29) is 30.7 Å². The van der Waals surface area contributed by atoms with E-state index in [1.165, 1.54) is 6.42 Å². The molecule has 3 rings (SSSR count). The number of hydrogen-bond acceptors (Lipinski definition) is 5. The number of rotatable bonds is 7. The minimum atomic E-state index is -0.452. The summed E-state index contributed by atoms with van der Waals surface area (Å²) in [7, 11) is 0. The minimum absolute atomic E-state index is 0.00678. The van der Waals surface area contributed by atoms with Gasteiger partial charge in [-0.15, -0.1) is 0 Å². The second-order valence-electron chi connectivity index (χ2n) is 8.90. The average Bonchev–Trinajstić information content (AvgIpc) is 2.73. The van der Waals surface area contributed by atoms with Crippen LogP contribution < -0.4 is 4.74 Å². The van der Waals surface area contributed by atoms with Crippen molar-refractivity contribution in [3.63, 3.8) is 0 Å². The molecule has 0 heterocycles. The highest BCUT2D eigenvalue weighted by atomic mass is 16.5. The molecule has 1 N–H and O–H groups in total. The van der Waals surface area contributed by atoms with Crippen molar-refractivity contribution in [1.29, 1.82) is 0 Å². The van der Waals surface area contributed by atoms with Gasteiger partial charge in [0.05, 0.1) is 12.8 Å². The molecule has 0 saturated heterocycles. The fraction of sp³-hybridized carbons (Fsp3) is 0.462. The van der Waals surface area contributed by atoms with Gasteiger partial charge in [0.15, 0.2) is 0 Å². The third kappa shape index (κ3) is 6.58. The normalized spacial score (nSPS) is 21.0. The maximum absolute atomic E-state index is 12.3. The van der Waals surface area contributed by atoms with E-state index >= 15 is 0 Å². The maximum atomic E-state index is 12.3. The molecule has 3 unspecified atom stereocenters. The van der Waals surface area contributed by atoms with E-state index in [1.54, 1.807) is 24.3 Å². The molecule has 1 fully saturated rings. The van der Waals surface area contributed by atoms with E-state index in [0.717, 1.165) is 24.0 Å². The van der Waals surface area contributed by atoms with Crippen molar-refractivity contribution in [3.05, 3.63) is 48.5 Å². The van der Waals surface area contributed by atoms with Crippen LogP contribution in [0.3, 0.4) is 0 Å². The predicted octanol–water partition coefficient (Wildman–Crippen LogP) is 5.75. The summed E-state index contributed by atoms with van der Waals surface area (Å²) >= 11 is 0. The summed E-state index contributed by atoms with van der Waals surface area (Å²) in [6, 6.07) is 14.0. The van der Waals surface area contributed by atoms with Crippen molar-refractivity contribution in [3.8, 4) is 22.6 Å². The molecule has 2 aromatic rings. The molecule has 1 aliphatic rings. The molecule has 5 nitrogen and oxygen atoms in total. The van der Waals surface area contributed by atoms with E-state index in [1.807, 2.05) is 24.3 Å². The van der Waals surface area contributed by atoms with Gasteiger partial charge >= 0.3 is 11.9 Å². The number of esters is 2. The number of phenolic OH excluding ortho intramolecular Hbond substituents is 1. The second-order valence-corrected chi connectivity index (χ2v) is 8.90. The highest BCUT2D eigenvalue weighted by Crippen LogP contribution is 2.35. The summed E-state index contributed by atoms with van der Waals surface area (Å²) < 4.78 is 11.1. The standard InChI is InChI=1S/C26H32O5/c1-17(2)23-13-4-18(3)16-24(23)31-26(29)15-14-25(28)30-22-11-7-20(8-12-22)19-5-9-21(27)10-6-19/h5-12,17-18,23-24,27H,4,13-16H2,1-3H3. The number of carbonyl (C=O) groups excluding carboxylic acids is 2. The molecular formula is C26H32O5.